The van der Waals surface area contributed by atoms with E-state index in [1.165, 1.54) is 18.6 Å². The van der Waals surface area contributed by atoms with Crippen molar-refractivity contribution in [2.75, 3.05) is 0 Å². The van der Waals surface area contributed by atoms with Gasteiger partial charge in [-0.15, -0.1) is 0 Å². The fourth-order valence-electron chi connectivity index (χ4n) is 2.71. The van der Waals surface area contributed by atoms with Gasteiger partial charge in [0.2, 0.25) is 10.0 Å². The van der Waals surface area contributed by atoms with Crippen molar-refractivity contribution < 1.29 is 8.42 Å². The van der Waals surface area contributed by atoms with Gasteiger partial charge in [0, 0.05) is 41.3 Å². The molecule has 0 aliphatic carbocycles. The van der Waals surface area contributed by atoms with Crippen LogP contribution in [0.3, 0.4) is 0 Å². The molecule has 3 aromatic heterocycles. The van der Waals surface area contributed by atoms with Crippen LogP contribution in [-0.4, -0.2) is 28.4 Å². The van der Waals surface area contributed by atoms with Gasteiger partial charge in [-0.05, 0) is 35.9 Å². The molecule has 0 aliphatic heterocycles. The Balaban J connectivity index is 1.91. The van der Waals surface area contributed by atoms with Crippen LogP contribution in [-0.2, 0) is 10.0 Å². The fourth-order valence-corrected chi connectivity index (χ4v) is 3.21. The lowest BCUT2D eigenvalue weighted by Gasteiger charge is -2.08. The zero-order valence-electron chi connectivity index (χ0n) is 13.4. The van der Waals surface area contributed by atoms with Crippen LogP contribution in [0.5, 0.6) is 0 Å². The van der Waals surface area contributed by atoms with E-state index in [1.807, 2.05) is 30.3 Å². The molecular weight excluding hydrogens is 350 g/mol. The van der Waals surface area contributed by atoms with Crippen LogP contribution in [0, 0.1) is 0 Å². The Hall–Kier alpha value is -3.23. The summed E-state index contributed by atoms with van der Waals surface area (Å²) in [6.07, 6.45) is 7.73. The molecule has 7 nitrogen and oxygen atoms in total. The Labute approximate surface area is 149 Å². The highest BCUT2D eigenvalue weighted by atomic mass is 32.2. The van der Waals surface area contributed by atoms with E-state index in [1.54, 1.807) is 18.6 Å². The number of nitrogens with zero attached hydrogens (tertiary/aromatic N) is 4. The second-order valence-corrected chi connectivity index (χ2v) is 7.21. The smallest absolute Gasteiger partial charge is 0.239 e. The maximum absolute atomic E-state index is 11.6. The van der Waals surface area contributed by atoms with Crippen molar-refractivity contribution in [3.63, 3.8) is 0 Å². The predicted molar refractivity (Wildman–Crippen MR) is 97.4 cm³/mol. The molecule has 0 fully saturated rings. The third kappa shape index (κ3) is 3.03. The second-order valence-electron chi connectivity index (χ2n) is 5.64. The summed E-state index contributed by atoms with van der Waals surface area (Å²) in [6.45, 7) is 0. The molecule has 128 valence electrons. The molecule has 26 heavy (non-hydrogen) atoms. The Morgan fingerprint density at radius 3 is 2.38 bits per heavy atom. The van der Waals surface area contributed by atoms with Gasteiger partial charge in [0.05, 0.1) is 11.2 Å². The second kappa shape index (κ2) is 6.25. The molecule has 0 atom stereocenters. The van der Waals surface area contributed by atoms with E-state index < -0.39 is 10.0 Å². The van der Waals surface area contributed by atoms with E-state index in [4.69, 9.17) is 5.14 Å². The summed E-state index contributed by atoms with van der Waals surface area (Å²) in [4.78, 5) is 16.7. The molecule has 0 unspecified atom stereocenters. The molecule has 0 aliphatic rings. The van der Waals surface area contributed by atoms with Crippen LogP contribution < -0.4 is 5.14 Å². The van der Waals surface area contributed by atoms with Crippen molar-refractivity contribution in [1.29, 1.82) is 0 Å². The minimum absolute atomic E-state index is 0.0336. The van der Waals surface area contributed by atoms with Crippen LogP contribution in [0.2, 0.25) is 0 Å². The van der Waals surface area contributed by atoms with Gasteiger partial charge in [-0.2, -0.15) is 0 Å². The first-order valence-corrected chi connectivity index (χ1v) is 9.20. The largest absolute Gasteiger partial charge is 0.265 e. The number of hydrogen-bond acceptors (Lipinski definition) is 6. The molecule has 0 spiro atoms. The van der Waals surface area contributed by atoms with Gasteiger partial charge in [-0.25, -0.2) is 23.5 Å². The topological polar surface area (TPSA) is 112 Å². The summed E-state index contributed by atoms with van der Waals surface area (Å²) in [5, 5.41) is 6.05. The third-order valence-electron chi connectivity index (χ3n) is 3.96. The van der Waals surface area contributed by atoms with E-state index >= 15 is 0 Å². The Morgan fingerprint density at radius 1 is 0.808 bits per heavy atom. The molecule has 0 bridgehead atoms. The quantitative estimate of drug-likeness (QED) is 0.598. The first kappa shape index (κ1) is 16.2. The van der Waals surface area contributed by atoms with Crippen LogP contribution in [0.1, 0.15) is 0 Å². The van der Waals surface area contributed by atoms with Crippen LogP contribution in [0.25, 0.3) is 33.3 Å². The maximum atomic E-state index is 11.6. The van der Waals surface area contributed by atoms with Gasteiger partial charge in [-0.1, -0.05) is 6.07 Å². The van der Waals surface area contributed by atoms with Crippen molar-refractivity contribution in [3.05, 3.63) is 67.5 Å². The number of nitrogens with two attached hydrogens (primary N) is 1. The van der Waals surface area contributed by atoms with Gasteiger partial charge >= 0.3 is 0 Å². The first-order chi connectivity index (χ1) is 12.5. The van der Waals surface area contributed by atoms with Gasteiger partial charge in [-0.3, -0.25) is 9.97 Å². The van der Waals surface area contributed by atoms with Crippen molar-refractivity contribution in [2.24, 2.45) is 5.14 Å². The summed E-state index contributed by atoms with van der Waals surface area (Å²) in [5.41, 5.74) is 3.91. The molecule has 3 heterocycles. The van der Waals surface area contributed by atoms with Gasteiger partial charge in [0.1, 0.15) is 11.2 Å². The van der Waals surface area contributed by atoms with Gasteiger partial charge in [0.25, 0.3) is 0 Å². The van der Waals surface area contributed by atoms with Gasteiger partial charge in [0.15, 0.2) is 0 Å². The molecular formula is C18H13N5O2S. The summed E-state index contributed by atoms with van der Waals surface area (Å²) >= 11 is 0. The number of fused-ring (bicyclic) bond motifs is 1. The lowest BCUT2D eigenvalue weighted by Crippen LogP contribution is -2.12. The molecule has 1 aromatic carbocycles. The normalized spacial score (nSPS) is 11.6. The molecule has 4 rings (SSSR count). The van der Waals surface area contributed by atoms with Crippen LogP contribution >= 0.6 is 0 Å². The maximum Gasteiger partial charge on any atom is 0.239 e. The third-order valence-corrected chi connectivity index (χ3v) is 4.84. The lowest BCUT2D eigenvalue weighted by molar-refractivity contribution is 0.597. The monoisotopic (exact) mass is 363 g/mol. The predicted octanol–water partition coefficient (Wildman–Crippen LogP) is 2.40. The fraction of sp³-hybridized carbons (Fsp3) is 0. The Morgan fingerprint density at radius 2 is 1.62 bits per heavy atom. The summed E-state index contributed by atoms with van der Waals surface area (Å²) in [7, 11) is -3.82. The molecule has 0 saturated carbocycles. The molecule has 8 heteroatoms. The highest BCUT2D eigenvalue weighted by Gasteiger charge is 2.12. The lowest BCUT2D eigenvalue weighted by atomic mass is 10.0. The van der Waals surface area contributed by atoms with Crippen LogP contribution in [0.15, 0.2) is 72.4 Å². The summed E-state index contributed by atoms with van der Waals surface area (Å²) in [5.74, 6) is 0. The number of pyridine rings is 2. The first-order valence-electron chi connectivity index (χ1n) is 7.66. The van der Waals surface area contributed by atoms with Crippen molar-refractivity contribution >= 4 is 20.9 Å². The Bertz CT molecular complexity index is 1210. The average Bonchev–Trinajstić information content (AvgIpc) is 2.67. The highest BCUT2D eigenvalue weighted by molar-refractivity contribution is 7.89. The SMILES string of the molecule is NS(=O)(=O)c1cncc(-c2ccc3ncnc(-c4ccncc4)c3c2)c1. The minimum Gasteiger partial charge on any atom is -0.265 e. The molecule has 0 amide bonds. The number of benzene rings is 1. The van der Waals surface area contributed by atoms with Crippen molar-refractivity contribution in [2.45, 2.75) is 4.90 Å². The average molecular weight is 363 g/mol. The van der Waals surface area contributed by atoms with Crippen molar-refractivity contribution in [3.8, 4) is 22.4 Å². The summed E-state index contributed by atoms with van der Waals surface area (Å²) < 4.78 is 23.2. The van der Waals surface area contributed by atoms with E-state index in [-0.39, 0.29) is 4.90 Å². The Kier molecular flexibility index (Phi) is 3.90. The highest BCUT2D eigenvalue weighted by Crippen LogP contribution is 2.29. The van der Waals surface area contributed by atoms with Gasteiger partial charge < -0.3 is 0 Å². The zero-order valence-corrected chi connectivity index (χ0v) is 14.3. The number of primary sulfonamides is 1. The minimum atomic E-state index is -3.82. The molecule has 0 saturated heterocycles. The van der Waals surface area contributed by atoms with E-state index in [9.17, 15) is 8.42 Å². The summed E-state index contributed by atoms with van der Waals surface area (Å²) in [6, 6.07) is 10.9. The number of sulfonamides is 1. The van der Waals surface area contributed by atoms with E-state index in [2.05, 4.69) is 19.9 Å². The zero-order chi connectivity index (χ0) is 18.1. The molecule has 2 N–H and O–H groups in total. The van der Waals surface area contributed by atoms with E-state index in [0.717, 1.165) is 27.7 Å². The number of hydrogen-bond donors (Lipinski definition) is 1. The molecule has 4 aromatic rings. The number of rotatable bonds is 3. The van der Waals surface area contributed by atoms with Crippen LogP contribution in [0.4, 0.5) is 0 Å². The van der Waals surface area contributed by atoms with E-state index in [0.29, 0.717) is 5.56 Å². The van der Waals surface area contributed by atoms with Crippen molar-refractivity contribution in [1.82, 2.24) is 19.9 Å². The molecule has 0 radical (unpaired) electrons. The standard InChI is InChI=1S/C18H13N5O2S/c19-26(24,25)15-7-14(9-21-10-15)13-1-2-17-16(8-13)18(23-11-22-17)12-3-5-20-6-4-12/h1-11H,(H2,19,24,25). The number of aromatic nitrogens is 4.